The Labute approximate surface area is 121 Å². The third kappa shape index (κ3) is 5.46. The summed E-state index contributed by atoms with van der Waals surface area (Å²) in [6.45, 7) is 8.20. The Hall–Kier alpha value is -1.14. The summed E-state index contributed by atoms with van der Waals surface area (Å²) in [5.41, 5.74) is 1.84. The molecule has 2 N–H and O–H groups in total. The second kappa shape index (κ2) is 7.04. The number of sulfonamides is 1. The highest BCUT2D eigenvalue weighted by molar-refractivity contribution is 7.89. The van der Waals surface area contributed by atoms with Crippen molar-refractivity contribution in [1.82, 2.24) is 4.98 Å². The monoisotopic (exact) mass is 300 g/mol. The molecule has 0 fully saturated rings. The molecule has 6 heteroatoms. The molecule has 0 aliphatic rings. The van der Waals surface area contributed by atoms with E-state index in [2.05, 4.69) is 4.98 Å². The third-order valence-corrected chi connectivity index (χ3v) is 4.14. The Balaban J connectivity index is 2.77. The summed E-state index contributed by atoms with van der Waals surface area (Å²) in [4.78, 5) is 4.42. The normalized spacial score (nSPS) is 13.5. The summed E-state index contributed by atoms with van der Waals surface area (Å²) in [6.07, 6.45) is 0.776. The fourth-order valence-electron chi connectivity index (χ4n) is 1.91. The lowest BCUT2D eigenvalue weighted by atomic mass is 9.99. The molecule has 1 atom stereocenters. The molecular weight excluding hydrogens is 276 g/mol. The van der Waals surface area contributed by atoms with Crippen molar-refractivity contribution in [3.63, 3.8) is 0 Å². The van der Waals surface area contributed by atoms with Gasteiger partial charge in [0, 0.05) is 11.6 Å². The smallest absolute Gasteiger partial charge is 0.209 e. The van der Waals surface area contributed by atoms with Crippen LogP contribution in [0.3, 0.4) is 0 Å². The van der Waals surface area contributed by atoms with Crippen LogP contribution >= 0.6 is 0 Å². The molecule has 20 heavy (non-hydrogen) atoms. The van der Waals surface area contributed by atoms with Gasteiger partial charge in [-0.3, -0.25) is 4.98 Å². The molecule has 0 aromatic carbocycles. The summed E-state index contributed by atoms with van der Waals surface area (Å²) in [5.74, 6) is 0.705. The maximum Gasteiger partial charge on any atom is 0.209 e. The van der Waals surface area contributed by atoms with E-state index >= 15 is 0 Å². The maximum absolute atomic E-state index is 11.2. The number of rotatable bonds is 7. The van der Waals surface area contributed by atoms with Crippen molar-refractivity contribution in [2.24, 2.45) is 17.0 Å². The summed E-state index contributed by atoms with van der Waals surface area (Å²) < 4.78 is 28.2. The largest absolute Gasteiger partial charge is 0.491 e. The Bertz CT molecular complexity index is 541. The average molecular weight is 300 g/mol. The number of nitrogens with two attached hydrogens (primary N) is 1. The Morgan fingerprint density at radius 2 is 2.00 bits per heavy atom. The fraction of sp³-hybridized carbons (Fsp3) is 0.643. The molecule has 0 radical (unpaired) electrons. The first kappa shape index (κ1) is 16.9. The van der Waals surface area contributed by atoms with Crippen molar-refractivity contribution >= 4 is 10.0 Å². The van der Waals surface area contributed by atoms with Crippen LogP contribution in [0.25, 0.3) is 0 Å². The second-order valence-corrected chi connectivity index (χ2v) is 7.05. The van der Waals surface area contributed by atoms with Crippen LogP contribution in [0.5, 0.6) is 5.75 Å². The van der Waals surface area contributed by atoms with E-state index in [0.29, 0.717) is 6.61 Å². The third-order valence-electron chi connectivity index (χ3n) is 3.25. The standard InChI is InChI=1S/C14H24N2O3S/c1-5-13-14(7-6-11(4)16-13)19-8-12(10(2)3)9-20(15,17)18/h6-7,10,12H,5,8-9H2,1-4H3,(H2,15,17,18). The molecule has 1 aromatic rings. The lowest BCUT2D eigenvalue weighted by molar-refractivity contribution is 0.222. The van der Waals surface area contributed by atoms with E-state index in [1.165, 1.54) is 0 Å². The molecule has 0 saturated carbocycles. The molecule has 0 aliphatic heterocycles. The summed E-state index contributed by atoms with van der Waals surface area (Å²) in [5, 5.41) is 5.12. The first-order chi connectivity index (χ1) is 9.23. The quantitative estimate of drug-likeness (QED) is 0.833. The van der Waals surface area contributed by atoms with E-state index in [-0.39, 0.29) is 17.6 Å². The number of hydrogen-bond donors (Lipinski definition) is 1. The number of hydrogen-bond acceptors (Lipinski definition) is 4. The van der Waals surface area contributed by atoms with Gasteiger partial charge in [-0.25, -0.2) is 13.6 Å². The van der Waals surface area contributed by atoms with E-state index in [9.17, 15) is 8.42 Å². The molecule has 0 saturated heterocycles. The first-order valence-electron chi connectivity index (χ1n) is 6.82. The molecule has 0 bridgehead atoms. The highest BCUT2D eigenvalue weighted by Crippen LogP contribution is 2.20. The molecule has 1 rings (SSSR count). The maximum atomic E-state index is 11.2. The van der Waals surface area contributed by atoms with Gasteiger partial charge in [0.2, 0.25) is 10.0 Å². The van der Waals surface area contributed by atoms with Gasteiger partial charge < -0.3 is 4.74 Å². The van der Waals surface area contributed by atoms with E-state index in [1.54, 1.807) is 0 Å². The Morgan fingerprint density at radius 1 is 1.35 bits per heavy atom. The second-order valence-electron chi connectivity index (χ2n) is 5.40. The highest BCUT2D eigenvalue weighted by Gasteiger charge is 2.20. The van der Waals surface area contributed by atoms with Crippen molar-refractivity contribution in [2.75, 3.05) is 12.4 Å². The molecule has 0 spiro atoms. The van der Waals surface area contributed by atoms with Crippen LogP contribution in [0.15, 0.2) is 12.1 Å². The van der Waals surface area contributed by atoms with E-state index in [1.807, 2.05) is 39.8 Å². The summed E-state index contributed by atoms with van der Waals surface area (Å²) >= 11 is 0. The number of aromatic nitrogens is 1. The van der Waals surface area contributed by atoms with Crippen molar-refractivity contribution in [1.29, 1.82) is 0 Å². The minimum atomic E-state index is -3.49. The van der Waals surface area contributed by atoms with E-state index < -0.39 is 10.0 Å². The molecule has 1 unspecified atom stereocenters. The molecule has 0 aliphatic carbocycles. The minimum Gasteiger partial charge on any atom is -0.491 e. The predicted octanol–water partition coefficient (Wildman–Crippen LogP) is 1.89. The molecule has 5 nitrogen and oxygen atoms in total. The van der Waals surface area contributed by atoms with Crippen LogP contribution in [0.1, 0.15) is 32.2 Å². The van der Waals surface area contributed by atoms with Gasteiger partial charge in [0.15, 0.2) is 0 Å². The van der Waals surface area contributed by atoms with Gasteiger partial charge in [-0.2, -0.15) is 0 Å². The van der Waals surface area contributed by atoms with Gasteiger partial charge in [-0.15, -0.1) is 0 Å². The van der Waals surface area contributed by atoms with Crippen molar-refractivity contribution in [3.05, 3.63) is 23.5 Å². The molecular formula is C14H24N2O3S. The molecule has 114 valence electrons. The van der Waals surface area contributed by atoms with Gasteiger partial charge in [0.1, 0.15) is 5.75 Å². The number of nitrogens with zero attached hydrogens (tertiary/aromatic N) is 1. The lowest BCUT2D eigenvalue weighted by Crippen LogP contribution is -2.30. The zero-order valence-electron chi connectivity index (χ0n) is 12.6. The minimum absolute atomic E-state index is 0.0641. The van der Waals surface area contributed by atoms with Crippen LogP contribution in [0.4, 0.5) is 0 Å². The molecule has 1 aromatic heterocycles. The van der Waals surface area contributed by atoms with Gasteiger partial charge >= 0.3 is 0 Å². The fourth-order valence-corrected chi connectivity index (χ4v) is 2.99. The Kier molecular flexibility index (Phi) is 5.95. The van der Waals surface area contributed by atoms with Crippen LogP contribution in [-0.2, 0) is 16.4 Å². The number of pyridine rings is 1. The highest BCUT2D eigenvalue weighted by atomic mass is 32.2. The lowest BCUT2D eigenvalue weighted by Gasteiger charge is -2.21. The van der Waals surface area contributed by atoms with Crippen LogP contribution in [0, 0.1) is 18.8 Å². The predicted molar refractivity (Wildman–Crippen MR) is 80.1 cm³/mol. The zero-order chi connectivity index (χ0) is 15.3. The SMILES string of the molecule is CCc1nc(C)ccc1OCC(CS(N)(=O)=O)C(C)C. The molecule has 0 amide bonds. The topological polar surface area (TPSA) is 82.3 Å². The Morgan fingerprint density at radius 3 is 2.50 bits per heavy atom. The van der Waals surface area contributed by atoms with Crippen LogP contribution in [0.2, 0.25) is 0 Å². The zero-order valence-corrected chi connectivity index (χ0v) is 13.4. The van der Waals surface area contributed by atoms with Gasteiger partial charge in [0.25, 0.3) is 0 Å². The van der Waals surface area contributed by atoms with E-state index in [4.69, 9.17) is 9.88 Å². The van der Waals surface area contributed by atoms with Gasteiger partial charge in [0.05, 0.1) is 18.1 Å². The summed E-state index contributed by atoms with van der Waals surface area (Å²) in [7, 11) is -3.49. The van der Waals surface area contributed by atoms with Gasteiger partial charge in [-0.05, 0) is 31.4 Å². The molecule has 1 heterocycles. The van der Waals surface area contributed by atoms with Crippen molar-refractivity contribution in [3.8, 4) is 5.75 Å². The van der Waals surface area contributed by atoms with Crippen LogP contribution in [-0.4, -0.2) is 25.8 Å². The summed E-state index contributed by atoms with van der Waals surface area (Å²) in [6, 6.07) is 3.77. The first-order valence-corrected chi connectivity index (χ1v) is 8.54. The van der Waals surface area contributed by atoms with E-state index in [0.717, 1.165) is 23.6 Å². The van der Waals surface area contributed by atoms with Crippen molar-refractivity contribution < 1.29 is 13.2 Å². The van der Waals surface area contributed by atoms with Crippen molar-refractivity contribution in [2.45, 2.75) is 34.1 Å². The number of ether oxygens (including phenoxy) is 1. The van der Waals surface area contributed by atoms with Crippen LogP contribution < -0.4 is 9.88 Å². The number of aryl methyl sites for hydroxylation is 2. The van der Waals surface area contributed by atoms with Gasteiger partial charge in [-0.1, -0.05) is 20.8 Å². The average Bonchev–Trinajstić information content (AvgIpc) is 2.33. The number of primary sulfonamides is 1.